The monoisotopic (exact) mass is 1510 g/mol. The second-order valence-corrected chi connectivity index (χ2v) is 40.3. The van der Waals surface area contributed by atoms with Gasteiger partial charge in [0.15, 0.2) is 0 Å². The molecule has 14 bridgehead atoms. The van der Waals surface area contributed by atoms with Gasteiger partial charge in [-0.2, -0.15) is 0 Å². The van der Waals surface area contributed by atoms with Crippen LogP contribution in [0.25, 0.3) is 0 Å². The molecule has 21 rings (SSSR count). The first-order valence-electron chi connectivity index (χ1n) is 11.4. The summed E-state index contributed by atoms with van der Waals surface area (Å²) in [6, 6.07) is 0. The number of hydrogen-bond donors (Lipinski definition) is 0. The van der Waals surface area contributed by atoms with E-state index in [4.69, 9.17) is 0 Å². The summed E-state index contributed by atoms with van der Waals surface area (Å²) >= 11 is 0. The summed E-state index contributed by atoms with van der Waals surface area (Å²) in [5.74, 6) is 0. The van der Waals surface area contributed by atoms with Gasteiger partial charge in [0.25, 0.3) is 0 Å². The summed E-state index contributed by atoms with van der Waals surface area (Å²) < 4.78 is 86.6. The van der Waals surface area contributed by atoms with Gasteiger partial charge in [0.05, 0.1) is 0 Å². The van der Waals surface area contributed by atoms with Crippen LogP contribution in [0.5, 0.6) is 0 Å². The van der Waals surface area contributed by atoms with Crippen LogP contribution in [0, 0.1) is 0 Å². The Hall–Kier alpha value is 12.3. The van der Waals surface area contributed by atoms with Gasteiger partial charge in [-0.3, -0.25) is 0 Å². The summed E-state index contributed by atoms with van der Waals surface area (Å²) in [5.41, 5.74) is 0. The standard InChI is InChI=1S/9Al.FH.Fe.3K.Mg.7O5Si2.H2O.5O/c;;;;;;;;;;;;;;;7*1-6-3-7(2,4-6)5-6;;;;;;/h;;;;;;;;;1H;;;;;;;;;;;;;1H2;;;;;/q9*+3;;+2;3*+1;+2;7*-2;;5*-2/p-2. The van der Waals surface area contributed by atoms with Gasteiger partial charge in [-0.25, -0.2) is 0 Å². The number of hydrogen-bond acceptors (Lipinski definition) is 36. The molecule has 0 spiro atoms. The van der Waals surface area contributed by atoms with Crippen LogP contribution in [0.2, 0.25) is 0 Å². The zero-order chi connectivity index (χ0) is 35.8. The Morgan fingerprint density at radius 3 is 0.214 bits per heavy atom. The second kappa shape index (κ2) is 38.1. The Labute approximate surface area is 654 Å². The zero-order valence-electron chi connectivity index (χ0n) is 33.4. The van der Waals surface area contributed by atoms with E-state index in [1.165, 1.54) is 0 Å². The minimum Gasteiger partial charge on any atom is -2.00 e. The second-order valence-electron chi connectivity index (χ2n) is 9.14. The molecule has 0 aromatic rings. The Bertz CT molecular complexity index is 988. The maximum atomic E-state index is 10.1. The summed E-state index contributed by atoms with van der Waals surface area (Å²) in [6.45, 7) is 0. The van der Waals surface area contributed by atoms with E-state index in [0.717, 1.165) is 0 Å². The molecule has 21 saturated heterocycles. The van der Waals surface area contributed by atoms with Crippen LogP contribution in [0.4, 0.5) is 0 Å². The first kappa shape index (κ1) is 117. The van der Waals surface area contributed by atoms with Crippen molar-refractivity contribution in [3.63, 3.8) is 0 Å². The minimum absolute atomic E-state index is 0. The van der Waals surface area contributed by atoms with Crippen molar-refractivity contribution in [2.24, 2.45) is 0 Å². The van der Waals surface area contributed by atoms with E-state index in [0.29, 0.717) is 0 Å². The van der Waals surface area contributed by atoms with E-state index >= 15 is 0 Å². The minimum atomic E-state index is -3.38. The molecule has 21 aliphatic heterocycles. The molecule has 0 radical (unpaired) electrons. The Kier molecular flexibility index (Phi) is 63.5. The SMILES string of the molecule is [Al+3].[Al+3].[Al+3].[Al+3].[Al+3].[Al+3].[Al+3].[Al+3].[Al+3].[F-].[Fe+2].[K+].[K+].[K+].[Mg+2].[O-2].[O-2].[O-2].[O-2].[O-2].[O-][Si]12O[Si]([O-])(O1)O2.[O-][Si]12O[Si]([O-])(O1)O2.[O-][Si]12O[Si]([O-])(O1)O2.[O-][Si]12O[Si]([O-])(O1)O2.[O-][Si]12O[Si]([O-])(O1)O2.[O-][Si]12O[Si]([O-])(O1)O2.[O-][Si]12O[Si]([O-])(O1)O2.[OH-]. The maximum Gasteiger partial charge on any atom is 3.00 e. The van der Waals surface area contributed by atoms with E-state index in [9.17, 15) is 67.1 Å². The normalized spacial score (nSPS) is 46.2. The van der Waals surface area contributed by atoms with Crippen molar-refractivity contribution in [2.45, 2.75) is 0 Å². The first-order chi connectivity index (χ1) is 21.8. The van der Waals surface area contributed by atoms with Crippen LogP contribution in [0.15, 0.2) is 0 Å². The van der Waals surface area contributed by atoms with Crippen LogP contribution in [-0.2, 0) is 131 Å². The van der Waals surface area contributed by atoms with Crippen molar-refractivity contribution < 1.29 is 362 Å². The van der Waals surface area contributed by atoms with Gasteiger partial charge in [0.1, 0.15) is 0 Å². The molecule has 0 amide bonds. The Morgan fingerprint density at radius 1 is 0.186 bits per heavy atom. The fourth-order valence-electron chi connectivity index (χ4n) is 3.38. The molecule has 0 aromatic heterocycles. The van der Waals surface area contributed by atoms with Crippen LogP contribution >= 0.6 is 0 Å². The van der Waals surface area contributed by atoms with Crippen molar-refractivity contribution in [2.75, 3.05) is 0 Å². The zero-order valence-corrected chi connectivity index (χ0v) is 69.7. The van der Waals surface area contributed by atoms with E-state index in [2.05, 4.69) is 86.4 Å². The van der Waals surface area contributed by atoms with Crippen molar-refractivity contribution in [3.05, 3.63) is 0 Å². The molecule has 41 nitrogen and oxygen atoms in total. The van der Waals surface area contributed by atoms with Crippen LogP contribution < -0.4 is 226 Å². The predicted octanol–water partition coefficient (Wildman–Crippen LogP) is -40.0. The third-order valence-corrected chi connectivity index (χ3v) is 47.3. The predicted molar refractivity (Wildman–Crippen MR) is 166 cm³/mol. The molecule has 342 valence electrons. The van der Waals surface area contributed by atoms with Crippen LogP contribution in [-0.4, -0.2) is 311 Å². The van der Waals surface area contributed by atoms with Crippen molar-refractivity contribution >= 4 is 306 Å². The van der Waals surface area contributed by atoms with E-state index < -0.39 is 127 Å². The third kappa shape index (κ3) is 26.4. The third-order valence-electron chi connectivity index (χ3n) is 5.25. The molecular formula is HAl9FFeK3MgO41Si14+8. The van der Waals surface area contributed by atoms with E-state index in [1.54, 1.807) is 0 Å². The average molecular weight is 1510 g/mol. The molecule has 21 heterocycles. The Morgan fingerprint density at radius 2 is 0.214 bits per heavy atom. The number of halogens is 1. The quantitative estimate of drug-likeness (QED) is 0.203. The average Bonchev–Trinajstić information content (AvgIpc) is 2.71. The fraction of sp³-hybridized carbons (Fsp3) is 0. The molecule has 21 fully saturated rings. The molecule has 0 saturated carbocycles. The number of rotatable bonds is 0. The summed E-state index contributed by atoms with van der Waals surface area (Å²) in [4.78, 5) is 142. The van der Waals surface area contributed by atoms with Crippen LogP contribution in [0.1, 0.15) is 0 Å². The smallest absolute Gasteiger partial charge is 2.00 e. The van der Waals surface area contributed by atoms with Gasteiger partial charge in [-0.15, -0.1) is 0 Å². The molecule has 0 atom stereocenters. The Balaban J connectivity index is -0.0000000415. The molecule has 0 aromatic carbocycles. The first-order valence-corrected chi connectivity index (χ1v) is 34.3. The van der Waals surface area contributed by atoms with Gasteiger partial charge in [-0.05, 0) is 0 Å². The van der Waals surface area contributed by atoms with E-state index in [1.807, 2.05) is 0 Å². The van der Waals surface area contributed by atoms with Crippen molar-refractivity contribution in [3.8, 4) is 0 Å². The van der Waals surface area contributed by atoms with Crippen molar-refractivity contribution in [1.29, 1.82) is 0 Å². The molecule has 1 N–H and O–H groups in total. The van der Waals surface area contributed by atoms with E-state index in [-0.39, 0.29) is 388 Å². The summed E-state index contributed by atoms with van der Waals surface area (Å²) in [5, 5.41) is 0. The fourth-order valence-corrected chi connectivity index (χ4v) is 30.4. The van der Waals surface area contributed by atoms with Crippen LogP contribution in [0.3, 0.4) is 0 Å². The molecule has 70 heavy (non-hydrogen) atoms. The largest absolute Gasteiger partial charge is 3.00 e. The molecule has 0 unspecified atom stereocenters. The van der Waals surface area contributed by atoms with Gasteiger partial charge in [-0.1, -0.05) is 0 Å². The van der Waals surface area contributed by atoms with Gasteiger partial charge in [0, 0.05) is 0 Å². The summed E-state index contributed by atoms with van der Waals surface area (Å²) in [6.07, 6.45) is 0. The summed E-state index contributed by atoms with van der Waals surface area (Å²) in [7, 11) is -47.3. The van der Waals surface area contributed by atoms with Gasteiger partial charge >= 0.3 is 477 Å². The molecular weight excluding hydrogens is 1510 g/mol. The topological polar surface area (TPSA) is 689 Å². The molecule has 0 aliphatic carbocycles. The maximum absolute atomic E-state index is 10.1. The molecule has 21 aliphatic rings. The van der Waals surface area contributed by atoms with Crippen molar-refractivity contribution in [1.82, 2.24) is 0 Å². The molecule has 70 heteroatoms. The van der Waals surface area contributed by atoms with Gasteiger partial charge in [0.2, 0.25) is 0 Å². The van der Waals surface area contributed by atoms with Gasteiger partial charge < -0.3 is 191 Å².